The minimum atomic E-state index is -0.449. The van der Waals surface area contributed by atoms with E-state index in [1.54, 1.807) is 7.11 Å². The van der Waals surface area contributed by atoms with Gasteiger partial charge in [-0.2, -0.15) is 0 Å². The number of aliphatic hydroxyl groups excluding tert-OH is 1. The van der Waals surface area contributed by atoms with E-state index in [1.807, 2.05) is 24.3 Å². The average molecular weight is 280 g/mol. The predicted molar refractivity (Wildman–Crippen MR) is 78.4 cm³/mol. The number of rotatable bonds is 7. The molecule has 1 aliphatic heterocycles. The van der Waals surface area contributed by atoms with Gasteiger partial charge in [0.1, 0.15) is 6.61 Å². The predicted octanol–water partition coefficient (Wildman–Crippen LogP) is 0.730. The van der Waals surface area contributed by atoms with Crippen LogP contribution in [-0.2, 0) is 0 Å². The highest BCUT2D eigenvalue weighted by Crippen LogP contribution is 2.25. The Morgan fingerprint density at radius 1 is 1.25 bits per heavy atom. The van der Waals surface area contributed by atoms with Gasteiger partial charge in [0, 0.05) is 32.7 Å². The van der Waals surface area contributed by atoms with Crippen molar-refractivity contribution in [3.8, 4) is 11.5 Å². The summed E-state index contributed by atoms with van der Waals surface area (Å²) < 4.78 is 10.8. The van der Waals surface area contributed by atoms with Crippen molar-refractivity contribution in [2.75, 3.05) is 46.4 Å². The second-order valence-corrected chi connectivity index (χ2v) is 5.00. The maximum Gasteiger partial charge on any atom is 0.161 e. The van der Waals surface area contributed by atoms with Crippen molar-refractivity contribution in [3.63, 3.8) is 0 Å². The van der Waals surface area contributed by atoms with E-state index in [0.29, 0.717) is 18.1 Å². The molecule has 1 saturated heterocycles. The molecule has 0 amide bonds. The molecule has 1 aromatic rings. The van der Waals surface area contributed by atoms with Crippen LogP contribution in [0.25, 0.3) is 0 Å². The molecule has 20 heavy (non-hydrogen) atoms. The Labute approximate surface area is 120 Å². The number of para-hydroxylation sites is 2. The van der Waals surface area contributed by atoms with Gasteiger partial charge in [0.05, 0.1) is 13.2 Å². The van der Waals surface area contributed by atoms with Gasteiger partial charge in [0.25, 0.3) is 0 Å². The van der Waals surface area contributed by atoms with Gasteiger partial charge in [-0.25, -0.2) is 0 Å². The first-order chi connectivity index (χ1) is 9.79. The first-order valence-electron chi connectivity index (χ1n) is 7.16. The zero-order chi connectivity index (χ0) is 14.2. The number of benzene rings is 1. The molecule has 0 aliphatic carbocycles. The first kappa shape index (κ1) is 15.1. The fourth-order valence-electron chi connectivity index (χ4n) is 2.27. The number of ether oxygens (including phenoxy) is 2. The van der Waals surface area contributed by atoms with Gasteiger partial charge in [-0.3, -0.25) is 0 Å². The zero-order valence-corrected chi connectivity index (χ0v) is 12.0. The van der Waals surface area contributed by atoms with Gasteiger partial charge in [-0.15, -0.1) is 0 Å². The summed E-state index contributed by atoms with van der Waals surface area (Å²) in [5, 5.41) is 13.3. The fourth-order valence-corrected chi connectivity index (χ4v) is 2.27. The lowest BCUT2D eigenvalue weighted by atomic mass is 10.2. The molecule has 5 heteroatoms. The molecular weight excluding hydrogens is 256 g/mol. The molecule has 0 bridgehead atoms. The summed E-state index contributed by atoms with van der Waals surface area (Å²) in [5.74, 6) is 1.37. The lowest BCUT2D eigenvalue weighted by Crippen LogP contribution is -2.44. The maximum absolute atomic E-state index is 10.00. The average Bonchev–Trinajstić information content (AvgIpc) is 2.52. The summed E-state index contributed by atoms with van der Waals surface area (Å²) in [4.78, 5) is 2.36. The lowest BCUT2D eigenvalue weighted by molar-refractivity contribution is 0.0843. The van der Waals surface area contributed by atoms with E-state index in [-0.39, 0.29) is 0 Å². The Balaban J connectivity index is 1.70. The third-order valence-electron chi connectivity index (χ3n) is 3.49. The molecule has 1 fully saturated rings. The smallest absolute Gasteiger partial charge is 0.161 e. The zero-order valence-electron chi connectivity index (χ0n) is 12.0. The van der Waals surface area contributed by atoms with Crippen molar-refractivity contribution in [1.29, 1.82) is 0 Å². The third-order valence-corrected chi connectivity index (χ3v) is 3.49. The van der Waals surface area contributed by atoms with Crippen LogP contribution in [0.5, 0.6) is 11.5 Å². The number of nitrogens with zero attached hydrogens (tertiary/aromatic N) is 1. The Bertz CT molecular complexity index is 394. The number of methoxy groups -OCH3 is 1. The van der Waals surface area contributed by atoms with Crippen molar-refractivity contribution >= 4 is 0 Å². The highest BCUT2D eigenvalue weighted by Gasteiger charge is 2.13. The summed E-state index contributed by atoms with van der Waals surface area (Å²) in [6.45, 7) is 5.40. The maximum atomic E-state index is 10.00. The SMILES string of the molecule is COc1ccccc1OCC(O)CCN1CCNCC1. The molecular formula is C15H24N2O3. The van der Waals surface area contributed by atoms with E-state index in [2.05, 4.69) is 10.2 Å². The second kappa shape index (κ2) is 8.09. The Hall–Kier alpha value is -1.30. The molecule has 1 unspecified atom stereocenters. The van der Waals surface area contributed by atoms with E-state index in [1.165, 1.54) is 0 Å². The van der Waals surface area contributed by atoms with Crippen LogP contribution in [-0.4, -0.2) is 62.6 Å². The Morgan fingerprint density at radius 2 is 1.95 bits per heavy atom. The van der Waals surface area contributed by atoms with E-state index < -0.39 is 6.10 Å². The van der Waals surface area contributed by atoms with Crippen LogP contribution in [0.4, 0.5) is 0 Å². The van der Waals surface area contributed by atoms with Gasteiger partial charge in [0.2, 0.25) is 0 Å². The van der Waals surface area contributed by atoms with Crippen LogP contribution in [0.2, 0.25) is 0 Å². The monoisotopic (exact) mass is 280 g/mol. The highest BCUT2D eigenvalue weighted by atomic mass is 16.5. The van der Waals surface area contributed by atoms with Gasteiger partial charge in [-0.05, 0) is 18.6 Å². The van der Waals surface area contributed by atoms with Crippen LogP contribution in [0, 0.1) is 0 Å². The van der Waals surface area contributed by atoms with Crippen molar-refractivity contribution < 1.29 is 14.6 Å². The number of aliphatic hydroxyl groups is 1. The molecule has 0 spiro atoms. The van der Waals surface area contributed by atoms with Crippen LogP contribution in [0.15, 0.2) is 24.3 Å². The molecule has 1 atom stereocenters. The number of piperazine rings is 1. The molecule has 0 radical (unpaired) electrons. The van der Waals surface area contributed by atoms with Crippen LogP contribution in [0.3, 0.4) is 0 Å². The Morgan fingerprint density at radius 3 is 2.65 bits per heavy atom. The van der Waals surface area contributed by atoms with Crippen molar-refractivity contribution in [2.24, 2.45) is 0 Å². The third kappa shape index (κ3) is 4.67. The number of hydrogen-bond donors (Lipinski definition) is 2. The fraction of sp³-hybridized carbons (Fsp3) is 0.600. The normalized spacial score (nSPS) is 17.7. The van der Waals surface area contributed by atoms with Crippen molar-refractivity contribution in [1.82, 2.24) is 10.2 Å². The molecule has 1 aromatic carbocycles. The largest absolute Gasteiger partial charge is 0.493 e. The van der Waals surface area contributed by atoms with Crippen LogP contribution >= 0.6 is 0 Å². The molecule has 2 N–H and O–H groups in total. The van der Waals surface area contributed by atoms with Crippen molar-refractivity contribution in [2.45, 2.75) is 12.5 Å². The molecule has 1 heterocycles. The van der Waals surface area contributed by atoms with E-state index in [9.17, 15) is 5.11 Å². The summed E-state index contributed by atoms with van der Waals surface area (Å²) in [6, 6.07) is 7.49. The summed E-state index contributed by atoms with van der Waals surface area (Å²) in [5.41, 5.74) is 0. The van der Waals surface area contributed by atoms with Crippen molar-refractivity contribution in [3.05, 3.63) is 24.3 Å². The molecule has 1 aliphatic rings. The quantitative estimate of drug-likeness (QED) is 0.771. The molecule has 5 nitrogen and oxygen atoms in total. The number of hydrogen-bond acceptors (Lipinski definition) is 5. The van der Waals surface area contributed by atoms with Gasteiger partial charge in [0.15, 0.2) is 11.5 Å². The molecule has 0 aromatic heterocycles. The second-order valence-electron chi connectivity index (χ2n) is 5.00. The Kier molecular flexibility index (Phi) is 6.11. The van der Waals surface area contributed by atoms with E-state index in [4.69, 9.17) is 9.47 Å². The van der Waals surface area contributed by atoms with E-state index in [0.717, 1.165) is 39.1 Å². The van der Waals surface area contributed by atoms with Crippen LogP contribution in [0.1, 0.15) is 6.42 Å². The minimum absolute atomic E-state index is 0.298. The minimum Gasteiger partial charge on any atom is -0.493 e. The molecule has 2 rings (SSSR count). The number of nitrogens with one attached hydrogen (secondary N) is 1. The lowest BCUT2D eigenvalue weighted by Gasteiger charge is -2.27. The topological polar surface area (TPSA) is 54.0 Å². The highest BCUT2D eigenvalue weighted by molar-refractivity contribution is 5.39. The standard InChI is InChI=1S/C15H24N2O3/c1-19-14-4-2-3-5-15(14)20-12-13(18)6-9-17-10-7-16-8-11-17/h2-5,13,16,18H,6-12H2,1H3. The van der Waals surface area contributed by atoms with Gasteiger partial charge < -0.3 is 24.8 Å². The van der Waals surface area contributed by atoms with E-state index >= 15 is 0 Å². The summed E-state index contributed by atoms with van der Waals surface area (Å²) in [6.07, 6.45) is 0.282. The molecule has 0 saturated carbocycles. The first-order valence-corrected chi connectivity index (χ1v) is 7.16. The summed E-state index contributed by atoms with van der Waals surface area (Å²) in [7, 11) is 1.61. The molecule has 112 valence electrons. The van der Waals surface area contributed by atoms with Crippen LogP contribution < -0.4 is 14.8 Å². The van der Waals surface area contributed by atoms with Gasteiger partial charge >= 0.3 is 0 Å². The summed E-state index contributed by atoms with van der Waals surface area (Å²) >= 11 is 0. The van der Waals surface area contributed by atoms with Gasteiger partial charge in [-0.1, -0.05) is 12.1 Å².